The van der Waals surface area contributed by atoms with Crippen molar-refractivity contribution in [2.45, 2.75) is 31.6 Å². The average molecular weight is 433 g/mol. The highest BCUT2D eigenvalue weighted by Crippen LogP contribution is 2.28. The van der Waals surface area contributed by atoms with Crippen LogP contribution in [-0.2, 0) is 16.0 Å². The van der Waals surface area contributed by atoms with Gasteiger partial charge in [0.1, 0.15) is 5.75 Å². The van der Waals surface area contributed by atoms with Crippen LogP contribution in [0.25, 0.3) is 0 Å². The van der Waals surface area contributed by atoms with Crippen LogP contribution in [0.4, 0.5) is 5.69 Å². The minimum atomic E-state index is -0.255. The fraction of sp³-hybridized carbons (Fsp3) is 0.391. The molecule has 0 aliphatic carbocycles. The van der Waals surface area contributed by atoms with Gasteiger partial charge in [0.2, 0.25) is 0 Å². The molecule has 0 saturated carbocycles. The highest BCUT2D eigenvalue weighted by atomic mass is 35.5. The zero-order valence-electron chi connectivity index (χ0n) is 17.4. The summed E-state index contributed by atoms with van der Waals surface area (Å²) in [6, 6.07) is 13.4. The molecule has 2 N–H and O–H groups in total. The van der Waals surface area contributed by atoms with Crippen LogP contribution < -0.4 is 15.4 Å². The Kier molecular flexibility index (Phi) is 9.15. The number of halogens is 1. The van der Waals surface area contributed by atoms with Crippen LogP contribution in [0.15, 0.2) is 42.5 Å². The molecule has 6 nitrogen and oxygen atoms in total. The van der Waals surface area contributed by atoms with Gasteiger partial charge in [0.15, 0.2) is 0 Å². The van der Waals surface area contributed by atoms with Gasteiger partial charge in [-0.05, 0) is 73.7 Å². The van der Waals surface area contributed by atoms with Crippen molar-refractivity contribution in [1.29, 1.82) is 0 Å². The molecule has 1 amide bonds. The van der Waals surface area contributed by atoms with Crippen LogP contribution in [-0.4, -0.2) is 39.2 Å². The second-order valence-corrected chi connectivity index (χ2v) is 7.21. The molecule has 1 saturated heterocycles. The molecular weight excluding hydrogens is 404 g/mol. The van der Waals surface area contributed by atoms with Crippen molar-refractivity contribution < 1.29 is 19.1 Å². The van der Waals surface area contributed by atoms with Gasteiger partial charge in [-0.1, -0.05) is 18.2 Å². The second kappa shape index (κ2) is 11.6. The van der Waals surface area contributed by atoms with E-state index in [0.717, 1.165) is 31.5 Å². The fourth-order valence-corrected chi connectivity index (χ4v) is 3.60. The summed E-state index contributed by atoms with van der Waals surface area (Å²) in [5, 5.41) is 6.29. The first-order valence-corrected chi connectivity index (χ1v) is 9.96. The molecule has 1 heterocycles. The van der Waals surface area contributed by atoms with Gasteiger partial charge in [0.25, 0.3) is 5.91 Å². The summed E-state index contributed by atoms with van der Waals surface area (Å²) in [5.41, 5.74) is 3.44. The Morgan fingerprint density at radius 1 is 1.07 bits per heavy atom. The number of aryl methyl sites for hydroxylation is 1. The minimum Gasteiger partial charge on any atom is -0.495 e. The first-order valence-electron chi connectivity index (χ1n) is 9.96. The Morgan fingerprint density at radius 3 is 2.40 bits per heavy atom. The van der Waals surface area contributed by atoms with Gasteiger partial charge < -0.3 is 20.1 Å². The smallest absolute Gasteiger partial charge is 0.305 e. The minimum absolute atomic E-state index is 0. The number of carbonyl (C=O) groups is 2. The molecule has 0 bridgehead atoms. The Balaban J connectivity index is 0.00000320. The molecule has 162 valence electrons. The van der Waals surface area contributed by atoms with Crippen molar-refractivity contribution in [2.24, 2.45) is 0 Å². The summed E-state index contributed by atoms with van der Waals surface area (Å²) in [6.07, 6.45) is 3.11. The number of methoxy groups -OCH3 is 2. The SMILES string of the molecule is COC(=O)CCc1ccc(NC(=O)c2ccc(C3CCNCC3)cc2)c(OC)c1.Cl. The van der Waals surface area contributed by atoms with E-state index in [2.05, 4.69) is 27.5 Å². The van der Waals surface area contributed by atoms with Crippen molar-refractivity contribution in [2.75, 3.05) is 32.6 Å². The molecule has 0 radical (unpaired) electrons. The maximum Gasteiger partial charge on any atom is 0.305 e. The van der Waals surface area contributed by atoms with Gasteiger partial charge in [-0.25, -0.2) is 0 Å². The molecule has 3 rings (SSSR count). The van der Waals surface area contributed by atoms with Gasteiger partial charge in [0.05, 0.1) is 19.9 Å². The number of nitrogens with one attached hydrogen (secondary N) is 2. The lowest BCUT2D eigenvalue weighted by molar-refractivity contribution is -0.140. The molecule has 1 aliphatic rings. The molecule has 0 aromatic heterocycles. The van der Waals surface area contributed by atoms with E-state index < -0.39 is 0 Å². The summed E-state index contributed by atoms with van der Waals surface area (Å²) in [5.74, 6) is 0.690. The molecule has 2 aromatic rings. The lowest BCUT2D eigenvalue weighted by atomic mass is 9.90. The van der Waals surface area contributed by atoms with E-state index in [4.69, 9.17) is 4.74 Å². The molecule has 1 aliphatic heterocycles. The van der Waals surface area contributed by atoms with E-state index in [0.29, 0.717) is 35.8 Å². The van der Waals surface area contributed by atoms with E-state index in [-0.39, 0.29) is 24.3 Å². The van der Waals surface area contributed by atoms with Crippen LogP contribution in [0.2, 0.25) is 0 Å². The lowest BCUT2D eigenvalue weighted by Crippen LogP contribution is -2.26. The van der Waals surface area contributed by atoms with Crippen LogP contribution in [0, 0.1) is 0 Å². The number of esters is 1. The summed E-state index contributed by atoms with van der Waals surface area (Å²) < 4.78 is 10.1. The summed E-state index contributed by atoms with van der Waals surface area (Å²) in [6.45, 7) is 2.09. The number of hydrogen-bond donors (Lipinski definition) is 2. The van der Waals surface area contributed by atoms with E-state index in [1.807, 2.05) is 24.3 Å². The number of benzene rings is 2. The number of carbonyl (C=O) groups excluding carboxylic acids is 2. The van der Waals surface area contributed by atoms with Crippen molar-refractivity contribution in [3.8, 4) is 5.75 Å². The zero-order chi connectivity index (χ0) is 20.6. The largest absolute Gasteiger partial charge is 0.495 e. The van der Waals surface area contributed by atoms with E-state index in [1.165, 1.54) is 12.7 Å². The third-order valence-corrected chi connectivity index (χ3v) is 5.34. The molecule has 30 heavy (non-hydrogen) atoms. The van der Waals surface area contributed by atoms with E-state index in [1.54, 1.807) is 13.2 Å². The van der Waals surface area contributed by atoms with Gasteiger partial charge >= 0.3 is 5.97 Å². The zero-order valence-corrected chi connectivity index (χ0v) is 18.2. The molecule has 2 aromatic carbocycles. The third kappa shape index (κ3) is 6.21. The Labute approximate surface area is 183 Å². The van der Waals surface area contributed by atoms with Gasteiger partial charge in [-0.3, -0.25) is 9.59 Å². The summed E-state index contributed by atoms with van der Waals surface area (Å²) in [4.78, 5) is 24.0. The highest BCUT2D eigenvalue weighted by Gasteiger charge is 2.16. The molecule has 0 atom stereocenters. The topological polar surface area (TPSA) is 76.7 Å². The maximum atomic E-state index is 12.7. The number of hydrogen-bond acceptors (Lipinski definition) is 5. The molecule has 0 spiro atoms. The molecule has 7 heteroatoms. The Bertz CT molecular complexity index is 849. The molecular formula is C23H29ClN2O4. The number of rotatable bonds is 7. The normalized spacial score (nSPS) is 13.8. The number of piperidine rings is 1. The van der Waals surface area contributed by atoms with Crippen molar-refractivity contribution >= 4 is 30.0 Å². The highest BCUT2D eigenvalue weighted by molar-refractivity contribution is 6.05. The molecule has 1 fully saturated rings. The first-order chi connectivity index (χ1) is 14.1. The lowest BCUT2D eigenvalue weighted by Gasteiger charge is -2.23. The van der Waals surface area contributed by atoms with Crippen molar-refractivity contribution in [3.05, 3.63) is 59.2 Å². The van der Waals surface area contributed by atoms with E-state index >= 15 is 0 Å². The van der Waals surface area contributed by atoms with Crippen molar-refractivity contribution in [3.63, 3.8) is 0 Å². The second-order valence-electron chi connectivity index (χ2n) is 7.21. The Morgan fingerprint density at radius 2 is 1.77 bits per heavy atom. The Hall–Kier alpha value is -2.57. The van der Waals surface area contributed by atoms with Gasteiger partial charge in [-0.2, -0.15) is 0 Å². The fourth-order valence-electron chi connectivity index (χ4n) is 3.60. The number of amides is 1. The third-order valence-electron chi connectivity index (χ3n) is 5.34. The van der Waals surface area contributed by atoms with Crippen LogP contribution in [0.1, 0.15) is 46.7 Å². The monoisotopic (exact) mass is 432 g/mol. The van der Waals surface area contributed by atoms with Crippen LogP contribution in [0.5, 0.6) is 5.75 Å². The predicted molar refractivity (Wildman–Crippen MR) is 120 cm³/mol. The van der Waals surface area contributed by atoms with Crippen LogP contribution in [0.3, 0.4) is 0 Å². The summed E-state index contributed by atoms with van der Waals surface area (Å²) in [7, 11) is 2.93. The number of anilines is 1. The first kappa shape index (κ1) is 23.7. The maximum absolute atomic E-state index is 12.7. The summed E-state index contributed by atoms with van der Waals surface area (Å²) >= 11 is 0. The van der Waals surface area contributed by atoms with Crippen LogP contribution >= 0.6 is 12.4 Å². The molecule has 0 unspecified atom stereocenters. The average Bonchev–Trinajstić information content (AvgIpc) is 2.78. The standard InChI is InChI=1S/C23H28N2O4.ClH/c1-28-21-15-16(4-10-22(26)29-2)3-9-20(21)25-23(27)19-7-5-17(6-8-19)18-11-13-24-14-12-18;/h3,5-9,15,18,24H,4,10-14H2,1-2H3,(H,25,27);1H. The van der Waals surface area contributed by atoms with Crippen molar-refractivity contribution in [1.82, 2.24) is 5.32 Å². The van der Waals surface area contributed by atoms with Gasteiger partial charge in [-0.15, -0.1) is 12.4 Å². The van der Waals surface area contributed by atoms with E-state index in [9.17, 15) is 9.59 Å². The number of ether oxygens (including phenoxy) is 2. The predicted octanol–water partition coefficient (Wildman–Crippen LogP) is 3.94. The van der Waals surface area contributed by atoms with Gasteiger partial charge in [0, 0.05) is 12.0 Å². The quantitative estimate of drug-likeness (QED) is 0.648.